The molecule has 1 saturated heterocycles. The van der Waals surface area contributed by atoms with E-state index in [1.807, 2.05) is 11.8 Å². The SMILES string of the molecule is CCCNC(=O)C1CCN([C@@H](C)C(=O)Nc2ccc(F)c(F)c2F)CC1. The van der Waals surface area contributed by atoms with Gasteiger partial charge in [-0.25, -0.2) is 13.2 Å². The topological polar surface area (TPSA) is 61.4 Å². The van der Waals surface area contributed by atoms with Gasteiger partial charge in [-0.3, -0.25) is 14.5 Å². The zero-order chi connectivity index (χ0) is 19.3. The van der Waals surface area contributed by atoms with Gasteiger partial charge in [0.25, 0.3) is 0 Å². The van der Waals surface area contributed by atoms with Gasteiger partial charge >= 0.3 is 0 Å². The van der Waals surface area contributed by atoms with Crippen LogP contribution in [-0.2, 0) is 9.59 Å². The number of nitrogens with one attached hydrogen (secondary N) is 2. The van der Waals surface area contributed by atoms with Crippen LogP contribution in [0.15, 0.2) is 12.1 Å². The van der Waals surface area contributed by atoms with Gasteiger partial charge in [-0.2, -0.15) is 0 Å². The van der Waals surface area contributed by atoms with Gasteiger partial charge in [0.1, 0.15) is 0 Å². The molecule has 5 nitrogen and oxygen atoms in total. The van der Waals surface area contributed by atoms with Crippen molar-refractivity contribution in [1.82, 2.24) is 10.2 Å². The number of rotatable bonds is 6. The number of piperidine rings is 1. The number of halogens is 3. The molecule has 26 heavy (non-hydrogen) atoms. The Hall–Kier alpha value is -2.09. The highest BCUT2D eigenvalue weighted by Gasteiger charge is 2.30. The summed E-state index contributed by atoms with van der Waals surface area (Å²) >= 11 is 0. The largest absolute Gasteiger partial charge is 0.356 e. The Balaban J connectivity index is 1.90. The average Bonchev–Trinajstić information content (AvgIpc) is 2.66. The van der Waals surface area contributed by atoms with Crippen LogP contribution in [0.1, 0.15) is 33.1 Å². The molecular formula is C18H24F3N3O2. The van der Waals surface area contributed by atoms with Gasteiger partial charge in [0.2, 0.25) is 11.8 Å². The molecule has 2 rings (SSSR count). The zero-order valence-corrected chi connectivity index (χ0v) is 14.9. The average molecular weight is 371 g/mol. The monoisotopic (exact) mass is 371 g/mol. The number of anilines is 1. The second-order valence-electron chi connectivity index (χ2n) is 6.49. The molecule has 1 aliphatic rings. The van der Waals surface area contributed by atoms with Crippen molar-refractivity contribution in [2.45, 2.75) is 39.2 Å². The molecule has 0 radical (unpaired) electrons. The summed E-state index contributed by atoms with van der Waals surface area (Å²) in [5.74, 6) is -4.89. The maximum absolute atomic E-state index is 13.7. The minimum Gasteiger partial charge on any atom is -0.356 e. The van der Waals surface area contributed by atoms with Gasteiger partial charge < -0.3 is 10.6 Å². The molecule has 8 heteroatoms. The fraction of sp³-hybridized carbons (Fsp3) is 0.556. The Morgan fingerprint density at radius 1 is 1.19 bits per heavy atom. The number of carbonyl (C=O) groups is 2. The minimum absolute atomic E-state index is 0.0347. The predicted octanol–water partition coefficient (Wildman–Crippen LogP) is 2.67. The Bertz CT molecular complexity index is 661. The van der Waals surface area contributed by atoms with Crippen molar-refractivity contribution in [3.63, 3.8) is 0 Å². The lowest BCUT2D eigenvalue weighted by molar-refractivity contribution is -0.127. The molecule has 0 unspecified atom stereocenters. The molecule has 1 aromatic carbocycles. The molecule has 0 spiro atoms. The van der Waals surface area contributed by atoms with Crippen LogP contribution in [0.25, 0.3) is 0 Å². The molecule has 1 aromatic rings. The van der Waals surface area contributed by atoms with E-state index in [4.69, 9.17) is 0 Å². The van der Waals surface area contributed by atoms with Crippen LogP contribution >= 0.6 is 0 Å². The highest BCUT2D eigenvalue weighted by atomic mass is 19.2. The zero-order valence-electron chi connectivity index (χ0n) is 14.9. The first-order valence-electron chi connectivity index (χ1n) is 8.81. The van der Waals surface area contributed by atoms with E-state index in [1.165, 1.54) is 0 Å². The second-order valence-corrected chi connectivity index (χ2v) is 6.49. The number of hydrogen-bond donors (Lipinski definition) is 2. The Labute approximate surface area is 150 Å². The molecule has 1 aliphatic heterocycles. The number of likely N-dealkylation sites (tertiary alicyclic amines) is 1. The summed E-state index contributed by atoms with van der Waals surface area (Å²) in [4.78, 5) is 26.2. The van der Waals surface area contributed by atoms with Crippen LogP contribution < -0.4 is 10.6 Å². The van der Waals surface area contributed by atoms with Crippen LogP contribution in [0.2, 0.25) is 0 Å². The molecule has 0 aromatic heterocycles. The van der Waals surface area contributed by atoms with Crippen molar-refractivity contribution in [2.75, 3.05) is 25.0 Å². The molecule has 0 aliphatic carbocycles. The highest BCUT2D eigenvalue weighted by Crippen LogP contribution is 2.22. The maximum atomic E-state index is 13.7. The van der Waals surface area contributed by atoms with Crippen molar-refractivity contribution in [1.29, 1.82) is 0 Å². The summed E-state index contributed by atoms with van der Waals surface area (Å²) in [5, 5.41) is 5.17. The minimum atomic E-state index is -1.62. The van der Waals surface area contributed by atoms with E-state index >= 15 is 0 Å². The molecule has 2 amide bonds. The van der Waals surface area contributed by atoms with Gasteiger partial charge in [0.05, 0.1) is 11.7 Å². The van der Waals surface area contributed by atoms with Crippen molar-refractivity contribution < 1.29 is 22.8 Å². The third-order valence-corrected chi connectivity index (χ3v) is 4.67. The Morgan fingerprint density at radius 2 is 1.85 bits per heavy atom. The molecule has 144 valence electrons. The molecule has 2 N–H and O–H groups in total. The fourth-order valence-electron chi connectivity index (χ4n) is 2.97. The summed E-state index contributed by atoms with van der Waals surface area (Å²) in [6.07, 6.45) is 2.14. The molecular weight excluding hydrogens is 347 g/mol. The van der Waals surface area contributed by atoms with Crippen LogP contribution in [0.5, 0.6) is 0 Å². The van der Waals surface area contributed by atoms with Gasteiger partial charge in [0.15, 0.2) is 17.5 Å². The molecule has 1 fully saturated rings. The van der Waals surface area contributed by atoms with Crippen LogP contribution in [0.4, 0.5) is 18.9 Å². The Morgan fingerprint density at radius 3 is 2.46 bits per heavy atom. The molecule has 0 bridgehead atoms. The van der Waals surface area contributed by atoms with Crippen LogP contribution in [-0.4, -0.2) is 42.4 Å². The molecule has 1 atom stereocenters. The standard InChI is InChI=1S/C18H24F3N3O2/c1-3-8-22-18(26)12-6-9-24(10-7-12)11(2)17(25)23-14-5-4-13(19)15(20)16(14)21/h4-5,11-12H,3,6-10H2,1-2H3,(H,22,26)(H,23,25)/t11-/m0/s1. The number of hydrogen-bond acceptors (Lipinski definition) is 3. The first kappa shape index (κ1) is 20.2. The first-order valence-corrected chi connectivity index (χ1v) is 8.81. The number of carbonyl (C=O) groups excluding carboxylic acids is 2. The third kappa shape index (κ3) is 4.75. The summed E-state index contributed by atoms with van der Waals surface area (Å²) < 4.78 is 39.9. The Kier molecular flexibility index (Phi) is 7.02. The molecule has 0 saturated carbocycles. The first-order chi connectivity index (χ1) is 12.3. The van der Waals surface area contributed by atoms with Crippen molar-refractivity contribution in [3.8, 4) is 0 Å². The van der Waals surface area contributed by atoms with Crippen molar-refractivity contribution in [3.05, 3.63) is 29.6 Å². The summed E-state index contributed by atoms with van der Waals surface area (Å²) in [7, 11) is 0. The van der Waals surface area contributed by atoms with Crippen LogP contribution in [0.3, 0.4) is 0 Å². The van der Waals surface area contributed by atoms with E-state index in [-0.39, 0.29) is 11.8 Å². The van der Waals surface area contributed by atoms with Gasteiger partial charge in [-0.15, -0.1) is 0 Å². The quantitative estimate of drug-likeness (QED) is 0.756. The lowest BCUT2D eigenvalue weighted by Crippen LogP contribution is -2.48. The van der Waals surface area contributed by atoms with E-state index in [0.29, 0.717) is 32.5 Å². The van der Waals surface area contributed by atoms with Crippen molar-refractivity contribution in [2.24, 2.45) is 5.92 Å². The second kappa shape index (κ2) is 9.02. The lowest BCUT2D eigenvalue weighted by Gasteiger charge is -2.34. The van der Waals surface area contributed by atoms with Gasteiger partial charge in [-0.05, 0) is 51.4 Å². The van der Waals surface area contributed by atoms with Gasteiger partial charge in [0, 0.05) is 12.5 Å². The van der Waals surface area contributed by atoms with E-state index < -0.39 is 35.1 Å². The predicted molar refractivity (Wildman–Crippen MR) is 92.0 cm³/mol. The summed E-state index contributed by atoms with van der Waals surface area (Å²) in [5.41, 5.74) is -0.394. The normalized spacial score (nSPS) is 17.0. The van der Waals surface area contributed by atoms with E-state index in [0.717, 1.165) is 18.6 Å². The molecule has 1 heterocycles. The van der Waals surface area contributed by atoms with Crippen molar-refractivity contribution >= 4 is 17.5 Å². The summed E-state index contributed by atoms with van der Waals surface area (Å²) in [6.45, 7) is 5.40. The van der Waals surface area contributed by atoms with E-state index in [1.54, 1.807) is 6.92 Å². The maximum Gasteiger partial charge on any atom is 0.241 e. The van der Waals surface area contributed by atoms with E-state index in [9.17, 15) is 22.8 Å². The summed E-state index contributed by atoms with van der Waals surface area (Å²) in [6, 6.07) is 1.17. The number of benzene rings is 1. The highest BCUT2D eigenvalue weighted by molar-refractivity contribution is 5.94. The van der Waals surface area contributed by atoms with Gasteiger partial charge in [-0.1, -0.05) is 6.92 Å². The lowest BCUT2D eigenvalue weighted by atomic mass is 9.95. The van der Waals surface area contributed by atoms with E-state index in [2.05, 4.69) is 10.6 Å². The number of amides is 2. The third-order valence-electron chi connectivity index (χ3n) is 4.67. The fourth-order valence-corrected chi connectivity index (χ4v) is 2.97. The number of nitrogens with zero attached hydrogens (tertiary/aromatic N) is 1. The smallest absolute Gasteiger partial charge is 0.241 e. The van der Waals surface area contributed by atoms with Crippen LogP contribution in [0, 0.1) is 23.4 Å².